The number of rotatable bonds is 6. The molecule has 0 saturated heterocycles. The second kappa shape index (κ2) is 5.97. The predicted octanol–water partition coefficient (Wildman–Crippen LogP) is 2.87. The van der Waals surface area contributed by atoms with Crippen molar-refractivity contribution in [2.45, 2.75) is 38.6 Å². The molecular weight excluding hydrogens is 292 g/mol. The maximum Gasteiger partial charge on any atom is 0.135 e. The average Bonchev–Trinajstić information content (AvgIpc) is 3.11. The van der Waals surface area contributed by atoms with Gasteiger partial charge in [-0.2, -0.15) is 0 Å². The zero-order valence-electron chi connectivity index (χ0n) is 11.3. The Kier molecular flexibility index (Phi) is 4.56. The third-order valence-electron chi connectivity index (χ3n) is 3.31. The molecule has 0 bridgehead atoms. The lowest BCUT2D eigenvalue weighted by molar-refractivity contribution is 0.284. The van der Waals surface area contributed by atoms with Gasteiger partial charge < -0.3 is 10.2 Å². The van der Waals surface area contributed by atoms with Gasteiger partial charge in [0.2, 0.25) is 0 Å². The molecule has 4 nitrogen and oxygen atoms in total. The first-order chi connectivity index (χ1) is 8.56. The average molecular weight is 313 g/mol. The van der Waals surface area contributed by atoms with Gasteiger partial charge in [0.1, 0.15) is 16.2 Å². The van der Waals surface area contributed by atoms with E-state index in [4.69, 9.17) is 0 Å². The van der Waals surface area contributed by atoms with Gasteiger partial charge in [-0.1, -0.05) is 0 Å². The van der Waals surface area contributed by atoms with Gasteiger partial charge in [0.25, 0.3) is 0 Å². The van der Waals surface area contributed by atoms with E-state index in [0.717, 1.165) is 29.3 Å². The predicted molar refractivity (Wildman–Crippen MR) is 78.0 cm³/mol. The zero-order chi connectivity index (χ0) is 13.1. The molecule has 1 aliphatic rings. The van der Waals surface area contributed by atoms with Crippen LogP contribution in [0, 0.1) is 0 Å². The van der Waals surface area contributed by atoms with E-state index in [-0.39, 0.29) is 0 Å². The molecule has 0 unspecified atom stereocenters. The van der Waals surface area contributed by atoms with E-state index >= 15 is 0 Å². The molecule has 18 heavy (non-hydrogen) atoms. The largest absolute Gasteiger partial charge is 0.369 e. The monoisotopic (exact) mass is 312 g/mol. The number of anilines is 1. The van der Waals surface area contributed by atoms with E-state index in [0.29, 0.717) is 12.0 Å². The smallest absolute Gasteiger partial charge is 0.135 e. The lowest BCUT2D eigenvalue weighted by Gasteiger charge is -2.21. The van der Waals surface area contributed by atoms with Gasteiger partial charge in [-0.05, 0) is 49.7 Å². The highest BCUT2D eigenvalue weighted by Gasteiger charge is 2.27. The van der Waals surface area contributed by atoms with Crippen LogP contribution in [0.15, 0.2) is 10.7 Å². The molecule has 1 N–H and O–H groups in total. The molecule has 1 fully saturated rings. The van der Waals surface area contributed by atoms with Gasteiger partial charge in [0, 0.05) is 31.1 Å². The van der Waals surface area contributed by atoms with E-state index in [9.17, 15) is 0 Å². The van der Waals surface area contributed by atoms with Crippen LogP contribution >= 0.6 is 15.9 Å². The first-order valence-electron chi connectivity index (χ1n) is 6.55. The number of hydrogen-bond donors (Lipinski definition) is 1. The standard InChI is InChI=1S/C13H21BrN4/c1-9(2)18(3)7-6-15-12-8-11(14)16-13(17-12)10-4-5-10/h8-10H,4-7H2,1-3H3,(H,15,16,17). The lowest BCUT2D eigenvalue weighted by atomic mass is 10.3. The Morgan fingerprint density at radius 2 is 2.17 bits per heavy atom. The van der Waals surface area contributed by atoms with Crippen LogP contribution in [0.4, 0.5) is 5.82 Å². The van der Waals surface area contributed by atoms with Crippen molar-refractivity contribution in [1.82, 2.24) is 14.9 Å². The third kappa shape index (κ3) is 3.92. The fourth-order valence-electron chi connectivity index (χ4n) is 1.67. The van der Waals surface area contributed by atoms with Crippen LogP contribution in [0.5, 0.6) is 0 Å². The summed E-state index contributed by atoms with van der Waals surface area (Å²) >= 11 is 3.45. The van der Waals surface area contributed by atoms with E-state index < -0.39 is 0 Å². The Balaban J connectivity index is 1.88. The van der Waals surface area contributed by atoms with Crippen LogP contribution in [0.25, 0.3) is 0 Å². The van der Waals surface area contributed by atoms with E-state index in [1.807, 2.05) is 6.07 Å². The normalized spacial score (nSPS) is 15.4. The zero-order valence-corrected chi connectivity index (χ0v) is 12.9. The van der Waals surface area contributed by atoms with Crippen molar-refractivity contribution in [2.24, 2.45) is 0 Å². The highest BCUT2D eigenvalue weighted by atomic mass is 79.9. The van der Waals surface area contributed by atoms with Crippen molar-refractivity contribution in [3.63, 3.8) is 0 Å². The van der Waals surface area contributed by atoms with E-state index in [1.54, 1.807) is 0 Å². The molecule has 1 aliphatic carbocycles. The molecule has 0 aliphatic heterocycles. The Morgan fingerprint density at radius 1 is 1.44 bits per heavy atom. The van der Waals surface area contributed by atoms with Gasteiger partial charge in [-0.15, -0.1) is 0 Å². The number of hydrogen-bond acceptors (Lipinski definition) is 4. The molecule has 5 heteroatoms. The van der Waals surface area contributed by atoms with Gasteiger partial charge in [-0.25, -0.2) is 9.97 Å². The van der Waals surface area contributed by atoms with Gasteiger partial charge in [0.05, 0.1) is 0 Å². The number of aromatic nitrogens is 2. The summed E-state index contributed by atoms with van der Waals surface area (Å²) in [6.07, 6.45) is 2.46. The molecule has 1 aromatic heterocycles. The maximum atomic E-state index is 4.57. The number of nitrogens with zero attached hydrogens (tertiary/aromatic N) is 3. The Morgan fingerprint density at radius 3 is 2.78 bits per heavy atom. The van der Waals surface area contributed by atoms with Crippen LogP contribution in [0.3, 0.4) is 0 Å². The lowest BCUT2D eigenvalue weighted by Crippen LogP contribution is -2.31. The van der Waals surface area contributed by atoms with Crippen LogP contribution in [0.1, 0.15) is 38.4 Å². The molecule has 0 spiro atoms. The molecule has 0 aromatic carbocycles. The molecular formula is C13H21BrN4. The summed E-state index contributed by atoms with van der Waals surface area (Å²) in [5, 5.41) is 3.37. The summed E-state index contributed by atoms with van der Waals surface area (Å²) < 4.78 is 0.874. The first kappa shape index (κ1) is 13.7. The number of nitrogens with one attached hydrogen (secondary N) is 1. The van der Waals surface area contributed by atoms with Crippen LogP contribution in [-0.4, -0.2) is 41.0 Å². The van der Waals surface area contributed by atoms with Crippen molar-refractivity contribution in [1.29, 1.82) is 0 Å². The number of halogens is 1. The number of likely N-dealkylation sites (N-methyl/N-ethyl adjacent to an activating group) is 1. The van der Waals surface area contributed by atoms with Crippen molar-refractivity contribution in [3.8, 4) is 0 Å². The SMILES string of the molecule is CC(C)N(C)CCNc1cc(Br)nc(C2CC2)n1. The molecule has 1 saturated carbocycles. The molecule has 0 atom stereocenters. The van der Waals surface area contributed by atoms with E-state index in [1.165, 1.54) is 12.8 Å². The maximum absolute atomic E-state index is 4.57. The van der Waals surface area contributed by atoms with Crippen molar-refractivity contribution in [3.05, 3.63) is 16.5 Å². The third-order valence-corrected chi connectivity index (χ3v) is 3.71. The molecule has 1 heterocycles. The quantitative estimate of drug-likeness (QED) is 0.820. The second-order valence-corrected chi connectivity index (χ2v) is 6.02. The molecule has 100 valence electrons. The summed E-state index contributed by atoms with van der Waals surface area (Å²) in [5.74, 6) is 2.49. The molecule has 0 amide bonds. The summed E-state index contributed by atoms with van der Waals surface area (Å²) in [6.45, 7) is 6.32. The summed E-state index contributed by atoms with van der Waals surface area (Å²) in [4.78, 5) is 11.3. The molecule has 0 radical (unpaired) electrons. The van der Waals surface area contributed by atoms with Crippen LogP contribution in [0.2, 0.25) is 0 Å². The second-order valence-electron chi connectivity index (χ2n) is 5.21. The van der Waals surface area contributed by atoms with Crippen LogP contribution in [-0.2, 0) is 0 Å². The fourth-order valence-corrected chi connectivity index (χ4v) is 2.07. The first-order valence-corrected chi connectivity index (χ1v) is 7.34. The minimum atomic E-state index is 0.575. The highest BCUT2D eigenvalue weighted by molar-refractivity contribution is 9.10. The highest BCUT2D eigenvalue weighted by Crippen LogP contribution is 2.38. The summed E-state index contributed by atoms with van der Waals surface area (Å²) in [7, 11) is 2.14. The summed E-state index contributed by atoms with van der Waals surface area (Å²) in [6, 6.07) is 2.52. The Hall–Kier alpha value is -0.680. The molecule has 2 rings (SSSR count). The minimum Gasteiger partial charge on any atom is -0.369 e. The Bertz CT molecular complexity index is 404. The van der Waals surface area contributed by atoms with Crippen molar-refractivity contribution < 1.29 is 0 Å². The summed E-state index contributed by atoms with van der Waals surface area (Å²) in [5.41, 5.74) is 0. The van der Waals surface area contributed by atoms with E-state index in [2.05, 4.69) is 57.0 Å². The van der Waals surface area contributed by atoms with Crippen LogP contribution < -0.4 is 5.32 Å². The minimum absolute atomic E-state index is 0.575. The fraction of sp³-hybridized carbons (Fsp3) is 0.692. The van der Waals surface area contributed by atoms with Gasteiger partial charge >= 0.3 is 0 Å². The molecule has 1 aromatic rings. The Labute approximate surface area is 117 Å². The van der Waals surface area contributed by atoms with Crippen molar-refractivity contribution >= 4 is 21.7 Å². The van der Waals surface area contributed by atoms with Crippen molar-refractivity contribution in [2.75, 3.05) is 25.5 Å². The van der Waals surface area contributed by atoms with Gasteiger partial charge in [-0.3, -0.25) is 0 Å². The topological polar surface area (TPSA) is 41.0 Å². The van der Waals surface area contributed by atoms with Gasteiger partial charge in [0.15, 0.2) is 0 Å².